The fourth-order valence-electron chi connectivity index (χ4n) is 2.50. The van der Waals surface area contributed by atoms with Crippen molar-refractivity contribution >= 4 is 26.7 Å². The minimum Gasteiger partial charge on any atom is -0.265 e. The number of nitrogens with zero attached hydrogens (tertiary/aromatic N) is 1. The fraction of sp³-hybridized carbons (Fsp3) is 0.167. The van der Waals surface area contributed by atoms with Crippen LogP contribution in [0.3, 0.4) is 0 Å². The standard InChI is InChI=1S/C18H16BrN/c1-13(14-8-10-20-11-9-14)18(19)17-7-6-15-4-2-3-5-16(15)12-17/h2-13,18H,1H3. The van der Waals surface area contributed by atoms with Crippen LogP contribution in [0.4, 0.5) is 0 Å². The van der Waals surface area contributed by atoms with E-state index in [9.17, 15) is 0 Å². The minimum absolute atomic E-state index is 0.300. The number of aromatic nitrogens is 1. The van der Waals surface area contributed by atoms with Crippen molar-refractivity contribution in [3.8, 4) is 0 Å². The highest BCUT2D eigenvalue weighted by Gasteiger charge is 2.18. The van der Waals surface area contributed by atoms with Crippen LogP contribution in [-0.4, -0.2) is 4.98 Å². The maximum atomic E-state index is 4.09. The summed E-state index contributed by atoms with van der Waals surface area (Å²) in [6.07, 6.45) is 3.71. The molecule has 2 aromatic carbocycles. The van der Waals surface area contributed by atoms with Crippen molar-refractivity contribution in [3.05, 3.63) is 78.1 Å². The van der Waals surface area contributed by atoms with E-state index in [2.05, 4.69) is 82.4 Å². The molecule has 0 N–H and O–H groups in total. The van der Waals surface area contributed by atoms with Gasteiger partial charge in [0.05, 0.1) is 0 Å². The van der Waals surface area contributed by atoms with E-state index >= 15 is 0 Å². The van der Waals surface area contributed by atoms with Crippen molar-refractivity contribution in [1.29, 1.82) is 0 Å². The van der Waals surface area contributed by atoms with Gasteiger partial charge in [-0.15, -0.1) is 0 Å². The van der Waals surface area contributed by atoms with Gasteiger partial charge in [-0.05, 0) is 39.9 Å². The van der Waals surface area contributed by atoms with Crippen molar-refractivity contribution in [2.24, 2.45) is 0 Å². The number of hydrogen-bond acceptors (Lipinski definition) is 1. The van der Waals surface area contributed by atoms with Gasteiger partial charge in [0.1, 0.15) is 0 Å². The van der Waals surface area contributed by atoms with Crippen LogP contribution in [0.15, 0.2) is 67.0 Å². The molecule has 0 saturated carbocycles. The normalized spacial score (nSPS) is 14.1. The molecular formula is C18H16BrN. The van der Waals surface area contributed by atoms with Gasteiger partial charge in [0.2, 0.25) is 0 Å². The zero-order valence-corrected chi connectivity index (χ0v) is 12.9. The van der Waals surface area contributed by atoms with E-state index in [-0.39, 0.29) is 0 Å². The van der Waals surface area contributed by atoms with E-state index in [1.807, 2.05) is 12.4 Å². The highest BCUT2D eigenvalue weighted by atomic mass is 79.9. The summed E-state index contributed by atoms with van der Waals surface area (Å²) in [6.45, 7) is 2.24. The second-order valence-electron chi connectivity index (χ2n) is 5.08. The van der Waals surface area contributed by atoms with E-state index in [1.165, 1.54) is 21.9 Å². The van der Waals surface area contributed by atoms with Crippen molar-refractivity contribution in [3.63, 3.8) is 0 Å². The SMILES string of the molecule is CC(c1ccncc1)C(Br)c1ccc2ccccc2c1. The third-order valence-corrected chi connectivity index (χ3v) is 5.08. The molecule has 0 aliphatic carbocycles. The molecule has 0 fully saturated rings. The number of fused-ring (bicyclic) bond motifs is 1. The van der Waals surface area contributed by atoms with Crippen molar-refractivity contribution in [2.75, 3.05) is 0 Å². The Morgan fingerprint density at radius 1 is 0.850 bits per heavy atom. The fourth-order valence-corrected chi connectivity index (χ4v) is 3.09. The Kier molecular flexibility index (Phi) is 3.83. The number of hydrogen-bond donors (Lipinski definition) is 0. The first kappa shape index (κ1) is 13.3. The van der Waals surface area contributed by atoms with E-state index in [4.69, 9.17) is 0 Å². The zero-order valence-electron chi connectivity index (χ0n) is 11.3. The Balaban J connectivity index is 1.94. The lowest BCUT2D eigenvalue weighted by Crippen LogP contribution is -2.02. The molecule has 0 amide bonds. The lowest BCUT2D eigenvalue weighted by molar-refractivity contribution is 0.751. The molecule has 20 heavy (non-hydrogen) atoms. The summed E-state index contributed by atoms with van der Waals surface area (Å²) in [5, 5.41) is 2.57. The third kappa shape index (κ3) is 2.61. The summed E-state index contributed by atoms with van der Waals surface area (Å²) in [7, 11) is 0. The third-order valence-electron chi connectivity index (χ3n) is 3.76. The molecule has 3 rings (SSSR count). The molecule has 2 atom stereocenters. The molecule has 0 spiro atoms. The Morgan fingerprint density at radius 2 is 1.55 bits per heavy atom. The first-order valence-corrected chi connectivity index (χ1v) is 7.70. The number of alkyl halides is 1. The summed E-state index contributed by atoms with van der Waals surface area (Å²) in [6, 6.07) is 19.3. The summed E-state index contributed by atoms with van der Waals surface area (Å²) < 4.78 is 0. The molecule has 2 heteroatoms. The number of halogens is 1. The van der Waals surface area contributed by atoms with Gasteiger partial charge >= 0.3 is 0 Å². The van der Waals surface area contributed by atoms with E-state index in [0.29, 0.717) is 10.7 Å². The number of rotatable bonds is 3. The zero-order chi connectivity index (χ0) is 13.9. The Bertz CT molecular complexity index is 709. The Hall–Kier alpha value is -1.67. The monoisotopic (exact) mass is 325 g/mol. The van der Waals surface area contributed by atoms with Crippen LogP contribution in [-0.2, 0) is 0 Å². The van der Waals surface area contributed by atoms with Gasteiger partial charge in [0.15, 0.2) is 0 Å². The molecule has 100 valence electrons. The van der Waals surface area contributed by atoms with Crippen molar-refractivity contribution < 1.29 is 0 Å². The van der Waals surface area contributed by atoms with Gasteiger partial charge in [0.25, 0.3) is 0 Å². The topological polar surface area (TPSA) is 12.9 Å². The summed E-state index contributed by atoms with van der Waals surface area (Å²) in [4.78, 5) is 4.39. The molecule has 3 aromatic rings. The van der Waals surface area contributed by atoms with Crippen LogP contribution in [0, 0.1) is 0 Å². The second kappa shape index (κ2) is 5.76. The van der Waals surface area contributed by atoms with Gasteiger partial charge in [-0.2, -0.15) is 0 Å². The highest BCUT2D eigenvalue weighted by Crippen LogP contribution is 2.38. The minimum atomic E-state index is 0.300. The smallest absolute Gasteiger partial charge is 0.0461 e. The Morgan fingerprint density at radius 3 is 2.30 bits per heavy atom. The van der Waals surface area contributed by atoms with Gasteiger partial charge in [-0.25, -0.2) is 0 Å². The van der Waals surface area contributed by atoms with Gasteiger partial charge < -0.3 is 0 Å². The van der Waals surface area contributed by atoms with Gasteiger partial charge in [-0.3, -0.25) is 4.98 Å². The number of benzene rings is 2. The van der Waals surface area contributed by atoms with Crippen molar-refractivity contribution in [2.45, 2.75) is 17.7 Å². The van der Waals surface area contributed by atoms with Gasteiger partial charge in [0, 0.05) is 17.2 Å². The van der Waals surface area contributed by atoms with Crippen LogP contribution in [0.25, 0.3) is 10.8 Å². The predicted molar refractivity (Wildman–Crippen MR) is 88.3 cm³/mol. The second-order valence-corrected chi connectivity index (χ2v) is 6.06. The summed E-state index contributed by atoms with van der Waals surface area (Å²) >= 11 is 3.85. The molecule has 1 aromatic heterocycles. The largest absolute Gasteiger partial charge is 0.265 e. The molecule has 0 bridgehead atoms. The molecule has 1 heterocycles. The van der Waals surface area contributed by atoms with Crippen LogP contribution < -0.4 is 0 Å². The lowest BCUT2D eigenvalue weighted by atomic mass is 9.93. The van der Waals surface area contributed by atoms with E-state index < -0.39 is 0 Å². The molecule has 0 radical (unpaired) electrons. The molecule has 1 nitrogen and oxygen atoms in total. The van der Waals surface area contributed by atoms with Crippen LogP contribution in [0.5, 0.6) is 0 Å². The van der Waals surface area contributed by atoms with Crippen LogP contribution in [0.1, 0.15) is 28.8 Å². The first-order valence-electron chi connectivity index (χ1n) is 6.78. The molecule has 2 unspecified atom stereocenters. The molecule has 0 saturated heterocycles. The molecule has 0 aliphatic rings. The predicted octanol–water partition coefficient (Wildman–Crippen LogP) is 5.47. The van der Waals surface area contributed by atoms with Crippen LogP contribution in [0.2, 0.25) is 0 Å². The molecular weight excluding hydrogens is 310 g/mol. The van der Waals surface area contributed by atoms with Crippen molar-refractivity contribution in [1.82, 2.24) is 4.98 Å². The molecule has 0 aliphatic heterocycles. The average Bonchev–Trinajstić information content (AvgIpc) is 2.54. The van der Waals surface area contributed by atoms with Crippen LogP contribution >= 0.6 is 15.9 Å². The van der Waals surface area contributed by atoms with E-state index in [1.54, 1.807) is 0 Å². The Labute approximate surface area is 127 Å². The number of pyridine rings is 1. The van der Waals surface area contributed by atoms with Gasteiger partial charge in [-0.1, -0.05) is 65.3 Å². The quantitative estimate of drug-likeness (QED) is 0.581. The maximum Gasteiger partial charge on any atom is 0.0461 e. The lowest BCUT2D eigenvalue weighted by Gasteiger charge is -2.19. The van der Waals surface area contributed by atoms with E-state index in [0.717, 1.165) is 0 Å². The highest BCUT2D eigenvalue weighted by molar-refractivity contribution is 9.09. The first-order chi connectivity index (χ1) is 9.75. The average molecular weight is 326 g/mol. The summed E-state index contributed by atoms with van der Waals surface area (Å²) in [5.74, 6) is 0.402. The summed E-state index contributed by atoms with van der Waals surface area (Å²) in [5.41, 5.74) is 2.61. The maximum absolute atomic E-state index is 4.09.